The average molecular weight is 364 g/mol. The molecule has 0 aliphatic carbocycles. The summed E-state index contributed by atoms with van der Waals surface area (Å²) in [6.07, 6.45) is 3.02. The number of nitrogens with zero attached hydrogens (tertiary/aromatic N) is 1. The monoisotopic (exact) mass is 364 g/mol. The highest BCUT2D eigenvalue weighted by molar-refractivity contribution is 5.95. The normalized spacial score (nSPS) is 10.7. The molecule has 1 heterocycles. The van der Waals surface area contributed by atoms with E-state index in [9.17, 15) is 9.59 Å². The zero-order chi connectivity index (χ0) is 19.1. The number of fused-ring (bicyclic) bond motifs is 1. The summed E-state index contributed by atoms with van der Waals surface area (Å²) in [5.41, 5.74) is 3.48. The van der Waals surface area contributed by atoms with Crippen LogP contribution in [0, 0.1) is 0 Å². The molecular weight excluding hydrogens is 340 g/mol. The molecule has 0 fully saturated rings. The Hall–Kier alpha value is -3.15. The molecule has 0 bridgehead atoms. The van der Waals surface area contributed by atoms with Crippen LogP contribution in [0.5, 0.6) is 0 Å². The molecule has 3 N–H and O–H groups in total. The minimum atomic E-state index is -0.0186. The predicted octanol–water partition coefficient (Wildman–Crippen LogP) is 3.86. The molecule has 6 heteroatoms. The molecule has 2 aromatic carbocycles. The zero-order valence-electron chi connectivity index (χ0n) is 15.4. The Morgan fingerprint density at radius 3 is 2.59 bits per heavy atom. The first kappa shape index (κ1) is 18.6. The van der Waals surface area contributed by atoms with Crippen molar-refractivity contribution in [3.05, 3.63) is 48.5 Å². The Labute approximate surface area is 158 Å². The smallest absolute Gasteiger partial charge is 0.224 e. The van der Waals surface area contributed by atoms with Crippen LogP contribution in [0.4, 0.5) is 5.69 Å². The minimum absolute atomic E-state index is 0.0157. The van der Waals surface area contributed by atoms with Gasteiger partial charge < -0.3 is 15.6 Å². The number of benzene rings is 2. The number of carbonyl (C=O) groups is 2. The van der Waals surface area contributed by atoms with Crippen molar-refractivity contribution in [2.75, 3.05) is 11.9 Å². The van der Waals surface area contributed by atoms with Crippen molar-refractivity contribution in [3.63, 3.8) is 0 Å². The number of carbonyl (C=O) groups excluding carboxylic acids is 2. The third-order valence-corrected chi connectivity index (χ3v) is 4.30. The maximum absolute atomic E-state index is 12.3. The number of para-hydroxylation sites is 3. The van der Waals surface area contributed by atoms with Gasteiger partial charge in [-0.05, 0) is 37.1 Å². The predicted molar refractivity (Wildman–Crippen MR) is 107 cm³/mol. The third kappa shape index (κ3) is 5.17. The van der Waals surface area contributed by atoms with Crippen molar-refractivity contribution < 1.29 is 9.59 Å². The summed E-state index contributed by atoms with van der Waals surface area (Å²) in [6.45, 7) is 2.17. The Bertz CT molecular complexity index is 900. The van der Waals surface area contributed by atoms with Gasteiger partial charge in [0, 0.05) is 25.5 Å². The molecule has 0 saturated carbocycles. The number of hydrogen-bond donors (Lipinski definition) is 3. The quantitative estimate of drug-likeness (QED) is 0.530. The van der Waals surface area contributed by atoms with E-state index in [0.29, 0.717) is 13.0 Å². The van der Waals surface area contributed by atoms with E-state index in [1.165, 1.54) is 6.92 Å². The van der Waals surface area contributed by atoms with Crippen LogP contribution in [0.2, 0.25) is 0 Å². The van der Waals surface area contributed by atoms with Crippen LogP contribution in [0.25, 0.3) is 22.4 Å². The van der Waals surface area contributed by atoms with Crippen LogP contribution in [0.15, 0.2) is 48.5 Å². The number of aromatic nitrogens is 2. The molecular formula is C21H24N4O2. The van der Waals surface area contributed by atoms with Gasteiger partial charge in [0.05, 0.1) is 16.7 Å². The molecule has 0 unspecified atom stereocenters. The molecule has 0 saturated heterocycles. The van der Waals surface area contributed by atoms with E-state index in [4.69, 9.17) is 0 Å². The Kier molecular flexibility index (Phi) is 6.20. The van der Waals surface area contributed by atoms with E-state index in [-0.39, 0.29) is 11.8 Å². The van der Waals surface area contributed by atoms with E-state index in [1.807, 2.05) is 48.5 Å². The Morgan fingerprint density at radius 1 is 1.00 bits per heavy atom. The maximum atomic E-state index is 12.3. The van der Waals surface area contributed by atoms with Crippen molar-refractivity contribution in [1.82, 2.24) is 15.3 Å². The number of nitrogens with one attached hydrogen (secondary N) is 3. The van der Waals surface area contributed by atoms with Gasteiger partial charge in [-0.2, -0.15) is 0 Å². The van der Waals surface area contributed by atoms with Crippen LogP contribution in [-0.2, 0) is 9.59 Å². The van der Waals surface area contributed by atoms with Crippen LogP contribution >= 0.6 is 0 Å². The fraction of sp³-hybridized carbons (Fsp3) is 0.286. The Morgan fingerprint density at radius 2 is 1.78 bits per heavy atom. The molecule has 0 radical (unpaired) electrons. The topological polar surface area (TPSA) is 86.9 Å². The molecule has 0 aliphatic heterocycles. The largest absolute Gasteiger partial charge is 0.356 e. The summed E-state index contributed by atoms with van der Waals surface area (Å²) in [6, 6.07) is 15.5. The van der Waals surface area contributed by atoms with Crippen molar-refractivity contribution in [2.45, 2.75) is 32.6 Å². The van der Waals surface area contributed by atoms with E-state index in [1.54, 1.807) is 0 Å². The average Bonchev–Trinajstić information content (AvgIpc) is 3.08. The second-order valence-electron chi connectivity index (χ2n) is 6.49. The lowest BCUT2D eigenvalue weighted by Gasteiger charge is -2.09. The lowest BCUT2D eigenvalue weighted by molar-refractivity contribution is -0.119. The molecule has 0 aliphatic rings. The lowest BCUT2D eigenvalue weighted by Crippen LogP contribution is -2.20. The fourth-order valence-corrected chi connectivity index (χ4v) is 2.94. The van der Waals surface area contributed by atoms with Crippen LogP contribution in [0.1, 0.15) is 32.6 Å². The molecule has 0 spiro atoms. The summed E-state index contributed by atoms with van der Waals surface area (Å²) < 4.78 is 0. The maximum Gasteiger partial charge on any atom is 0.224 e. The highest BCUT2D eigenvalue weighted by atomic mass is 16.2. The molecule has 0 atom stereocenters. The van der Waals surface area contributed by atoms with Gasteiger partial charge in [-0.1, -0.05) is 30.7 Å². The van der Waals surface area contributed by atoms with Gasteiger partial charge in [0.1, 0.15) is 5.82 Å². The first-order chi connectivity index (χ1) is 13.1. The van der Waals surface area contributed by atoms with Crippen LogP contribution < -0.4 is 10.6 Å². The first-order valence-electron chi connectivity index (χ1n) is 9.22. The summed E-state index contributed by atoms with van der Waals surface area (Å²) in [5.74, 6) is 0.704. The number of imidazole rings is 1. The third-order valence-electron chi connectivity index (χ3n) is 4.30. The number of unbranched alkanes of at least 4 members (excludes halogenated alkanes) is 2. The number of rotatable bonds is 8. The van der Waals surface area contributed by atoms with Gasteiger partial charge >= 0.3 is 0 Å². The van der Waals surface area contributed by atoms with Crippen molar-refractivity contribution in [2.24, 2.45) is 0 Å². The SMILES string of the molecule is CC(=O)NCCCCCC(=O)Nc1ccccc1-c1nc2ccccc2[nH]1. The number of hydrogen-bond acceptors (Lipinski definition) is 3. The molecule has 6 nitrogen and oxygen atoms in total. The number of H-pyrrole nitrogens is 1. The molecule has 27 heavy (non-hydrogen) atoms. The standard InChI is InChI=1S/C21H24N4O2/c1-15(26)22-14-8-2-3-13-20(27)23-17-10-5-4-9-16(17)21-24-18-11-6-7-12-19(18)25-21/h4-7,9-12H,2-3,8,13-14H2,1H3,(H,22,26)(H,23,27)(H,24,25). The first-order valence-corrected chi connectivity index (χ1v) is 9.22. The highest BCUT2D eigenvalue weighted by Crippen LogP contribution is 2.27. The minimum Gasteiger partial charge on any atom is -0.356 e. The zero-order valence-corrected chi connectivity index (χ0v) is 15.4. The summed E-state index contributed by atoms with van der Waals surface area (Å²) >= 11 is 0. The number of aromatic amines is 1. The summed E-state index contributed by atoms with van der Waals surface area (Å²) in [7, 11) is 0. The van der Waals surface area contributed by atoms with Crippen molar-refractivity contribution in [1.29, 1.82) is 0 Å². The lowest BCUT2D eigenvalue weighted by atomic mass is 10.1. The van der Waals surface area contributed by atoms with Gasteiger partial charge in [-0.25, -0.2) is 4.98 Å². The van der Waals surface area contributed by atoms with Gasteiger partial charge in [0.25, 0.3) is 0 Å². The van der Waals surface area contributed by atoms with Crippen LogP contribution in [-0.4, -0.2) is 28.3 Å². The molecule has 3 aromatic rings. The van der Waals surface area contributed by atoms with Crippen molar-refractivity contribution >= 4 is 28.5 Å². The number of amides is 2. The highest BCUT2D eigenvalue weighted by Gasteiger charge is 2.11. The van der Waals surface area contributed by atoms with Crippen LogP contribution in [0.3, 0.4) is 0 Å². The summed E-state index contributed by atoms with van der Waals surface area (Å²) in [5, 5.41) is 5.75. The molecule has 3 rings (SSSR count). The fourth-order valence-electron chi connectivity index (χ4n) is 2.94. The van der Waals surface area contributed by atoms with Gasteiger partial charge in [-0.3, -0.25) is 9.59 Å². The Balaban J connectivity index is 1.59. The van der Waals surface area contributed by atoms with Gasteiger partial charge in [-0.15, -0.1) is 0 Å². The summed E-state index contributed by atoms with van der Waals surface area (Å²) in [4.78, 5) is 31.0. The van der Waals surface area contributed by atoms with E-state index >= 15 is 0 Å². The number of anilines is 1. The van der Waals surface area contributed by atoms with E-state index < -0.39 is 0 Å². The molecule has 1 aromatic heterocycles. The second-order valence-corrected chi connectivity index (χ2v) is 6.49. The molecule has 2 amide bonds. The van der Waals surface area contributed by atoms with E-state index in [0.717, 1.165) is 47.4 Å². The van der Waals surface area contributed by atoms with Gasteiger partial charge in [0.2, 0.25) is 11.8 Å². The van der Waals surface area contributed by atoms with Crippen molar-refractivity contribution in [3.8, 4) is 11.4 Å². The van der Waals surface area contributed by atoms with E-state index in [2.05, 4.69) is 20.6 Å². The van der Waals surface area contributed by atoms with Gasteiger partial charge in [0.15, 0.2) is 0 Å². The molecule has 140 valence electrons. The second kappa shape index (κ2) is 8.98.